The summed E-state index contributed by atoms with van der Waals surface area (Å²) in [4.78, 5) is 12.0. The summed E-state index contributed by atoms with van der Waals surface area (Å²) < 4.78 is 18.2. The fourth-order valence-corrected chi connectivity index (χ4v) is 2.88. The van der Waals surface area contributed by atoms with E-state index in [1.807, 2.05) is 0 Å². The zero-order chi connectivity index (χ0) is 16.0. The lowest BCUT2D eigenvalue weighted by Gasteiger charge is -2.42. The summed E-state index contributed by atoms with van der Waals surface area (Å²) in [7, 11) is 1.68. The maximum atomic E-state index is 13.1. The highest BCUT2D eigenvalue weighted by molar-refractivity contribution is 5.76. The van der Waals surface area contributed by atoms with Crippen LogP contribution in [0.2, 0.25) is 0 Å². The third-order valence-corrected chi connectivity index (χ3v) is 4.52. The van der Waals surface area contributed by atoms with E-state index in [4.69, 9.17) is 4.74 Å². The van der Waals surface area contributed by atoms with Gasteiger partial charge in [-0.1, -0.05) is 18.6 Å². The lowest BCUT2D eigenvalue weighted by molar-refractivity contribution is -0.124. The smallest absolute Gasteiger partial charge is 0.222 e. The highest BCUT2D eigenvalue weighted by atomic mass is 19.1. The van der Waals surface area contributed by atoms with Gasteiger partial charge in [0, 0.05) is 20.3 Å². The first-order chi connectivity index (χ1) is 10.5. The van der Waals surface area contributed by atoms with Gasteiger partial charge < -0.3 is 15.2 Å². The van der Waals surface area contributed by atoms with Crippen molar-refractivity contribution in [1.29, 1.82) is 0 Å². The number of methoxy groups -OCH3 is 1. The second kappa shape index (κ2) is 7.70. The van der Waals surface area contributed by atoms with Crippen LogP contribution in [0.5, 0.6) is 0 Å². The van der Waals surface area contributed by atoms with E-state index >= 15 is 0 Å². The highest BCUT2D eigenvalue weighted by Gasteiger charge is 2.36. The van der Waals surface area contributed by atoms with Crippen molar-refractivity contribution in [3.63, 3.8) is 0 Å². The Hall–Kier alpha value is -1.46. The van der Waals surface area contributed by atoms with Crippen molar-refractivity contribution < 1.29 is 19.0 Å². The number of halogens is 1. The number of rotatable bonds is 8. The quantitative estimate of drug-likeness (QED) is 0.776. The average Bonchev–Trinajstić information content (AvgIpc) is 2.46. The standard InChI is InChI=1S/C17H24FNO3/c1-22-9-8-17(6-3-7-17)12-19-16(21)11-15(20)13-4-2-5-14(18)10-13/h2,4-5,10,15,20H,3,6-9,11-12H2,1H3,(H,19,21). The van der Waals surface area contributed by atoms with Crippen LogP contribution in [0.3, 0.4) is 0 Å². The molecule has 0 radical (unpaired) electrons. The fraction of sp³-hybridized carbons (Fsp3) is 0.588. The van der Waals surface area contributed by atoms with E-state index in [0.717, 1.165) is 19.3 Å². The van der Waals surface area contributed by atoms with Crippen molar-refractivity contribution in [2.75, 3.05) is 20.3 Å². The zero-order valence-electron chi connectivity index (χ0n) is 13.0. The molecule has 1 atom stereocenters. The van der Waals surface area contributed by atoms with Gasteiger partial charge in [0.25, 0.3) is 0 Å². The predicted molar refractivity (Wildman–Crippen MR) is 81.8 cm³/mol. The third kappa shape index (κ3) is 4.52. The molecule has 22 heavy (non-hydrogen) atoms. The second-order valence-electron chi connectivity index (χ2n) is 6.15. The van der Waals surface area contributed by atoms with Gasteiger partial charge in [-0.05, 0) is 42.4 Å². The largest absolute Gasteiger partial charge is 0.388 e. The Kier molecular flexibility index (Phi) is 5.91. The van der Waals surface area contributed by atoms with Crippen molar-refractivity contribution in [1.82, 2.24) is 5.32 Å². The number of carbonyl (C=O) groups is 1. The first-order valence-electron chi connectivity index (χ1n) is 7.74. The van der Waals surface area contributed by atoms with Gasteiger partial charge in [-0.15, -0.1) is 0 Å². The van der Waals surface area contributed by atoms with E-state index in [9.17, 15) is 14.3 Å². The maximum Gasteiger partial charge on any atom is 0.222 e. The molecular formula is C17H24FNO3. The van der Waals surface area contributed by atoms with Crippen LogP contribution in [0, 0.1) is 11.2 Å². The molecule has 122 valence electrons. The van der Waals surface area contributed by atoms with Crippen LogP contribution in [0.25, 0.3) is 0 Å². The van der Waals surface area contributed by atoms with Gasteiger partial charge in [-0.3, -0.25) is 4.79 Å². The van der Waals surface area contributed by atoms with E-state index in [1.165, 1.54) is 24.6 Å². The van der Waals surface area contributed by atoms with Gasteiger partial charge >= 0.3 is 0 Å². The van der Waals surface area contributed by atoms with Crippen molar-refractivity contribution >= 4 is 5.91 Å². The predicted octanol–water partition coefficient (Wildman–Crippen LogP) is 2.57. The molecule has 1 unspecified atom stereocenters. The second-order valence-corrected chi connectivity index (χ2v) is 6.15. The van der Waals surface area contributed by atoms with Crippen molar-refractivity contribution in [2.24, 2.45) is 5.41 Å². The van der Waals surface area contributed by atoms with Crippen molar-refractivity contribution in [2.45, 2.75) is 38.2 Å². The normalized spacial score (nSPS) is 17.6. The van der Waals surface area contributed by atoms with Crippen LogP contribution in [-0.4, -0.2) is 31.3 Å². The van der Waals surface area contributed by atoms with Gasteiger partial charge in [0.1, 0.15) is 5.82 Å². The minimum atomic E-state index is -0.980. The van der Waals surface area contributed by atoms with Crippen LogP contribution in [0.15, 0.2) is 24.3 Å². The lowest BCUT2D eigenvalue weighted by Crippen LogP contribution is -2.43. The van der Waals surface area contributed by atoms with Crippen molar-refractivity contribution in [3.8, 4) is 0 Å². The number of carbonyl (C=O) groups excluding carboxylic acids is 1. The number of amides is 1. The summed E-state index contributed by atoms with van der Waals surface area (Å²) >= 11 is 0. The molecule has 0 aliphatic heterocycles. The fourth-order valence-electron chi connectivity index (χ4n) is 2.88. The van der Waals surface area contributed by atoms with Gasteiger partial charge in [-0.25, -0.2) is 4.39 Å². The van der Waals surface area contributed by atoms with E-state index in [1.54, 1.807) is 13.2 Å². The number of ether oxygens (including phenoxy) is 1. The minimum Gasteiger partial charge on any atom is -0.388 e. The zero-order valence-corrected chi connectivity index (χ0v) is 13.0. The number of nitrogens with one attached hydrogen (secondary N) is 1. The van der Waals surface area contributed by atoms with E-state index in [0.29, 0.717) is 18.7 Å². The number of hydrogen-bond donors (Lipinski definition) is 2. The van der Waals surface area contributed by atoms with Gasteiger partial charge in [0.15, 0.2) is 0 Å². The number of hydrogen-bond acceptors (Lipinski definition) is 3. The Morgan fingerprint density at radius 1 is 1.50 bits per heavy atom. The molecule has 2 N–H and O–H groups in total. The van der Waals surface area contributed by atoms with E-state index < -0.39 is 11.9 Å². The Bertz CT molecular complexity index is 502. The molecule has 0 aromatic heterocycles. The monoisotopic (exact) mass is 309 g/mol. The van der Waals surface area contributed by atoms with Gasteiger partial charge in [-0.2, -0.15) is 0 Å². The molecule has 4 nitrogen and oxygen atoms in total. The summed E-state index contributed by atoms with van der Waals surface area (Å²) in [6, 6.07) is 5.71. The minimum absolute atomic E-state index is 0.0518. The molecule has 0 heterocycles. The number of aliphatic hydroxyl groups is 1. The highest BCUT2D eigenvalue weighted by Crippen LogP contribution is 2.43. The van der Waals surface area contributed by atoms with Crippen LogP contribution in [0.4, 0.5) is 4.39 Å². The van der Waals surface area contributed by atoms with Gasteiger partial charge in [0.05, 0.1) is 12.5 Å². The molecule has 2 rings (SSSR count). The SMILES string of the molecule is COCCC1(CNC(=O)CC(O)c2cccc(F)c2)CCC1. The summed E-state index contributed by atoms with van der Waals surface area (Å²) in [5.74, 6) is -0.620. The Morgan fingerprint density at radius 3 is 2.86 bits per heavy atom. The Labute approximate surface area is 130 Å². The van der Waals surface area contributed by atoms with Crippen LogP contribution < -0.4 is 5.32 Å². The number of benzene rings is 1. The average molecular weight is 309 g/mol. The molecule has 1 saturated carbocycles. The summed E-state index contributed by atoms with van der Waals surface area (Å²) in [5.41, 5.74) is 0.572. The molecule has 5 heteroatoms. The molecule has 1 aromatic rings. The van der Waals surface area contributed by atoms with Crippen LogP contribution in [-0.2, 0) is 9.53 Å². The summed E-state index contributed by atoms with van der Waals surface area (Å²) in [5, 5.41) is 12.9. The lowest BCUT2D eigenvalue weighted by atomic mass is 9.66. The summed E-state index contributed by atoms with van der Waals surface area (Å²) in [6.07, 6.45) is 3.30. The molecule has 1 amide bonds. The molecule has 1 aliphatic rings. The van der Waals surface area contributed by atoms with Crippen LogP contribution >= 0.6 is 0 Å². The first kappa shape index (κ1) is 16.9. The summed E-state index contributed by atoms with van der Waals surface area (Å²) in [6.45, 7) is 1.31. The molecule has 1 fully saturated rings. The molecule has 1 aromatic carbocycles. The molecule has 1 aliphatic carbocycles. The maximum absolute atomic E-state index is 13.1. The Morgan fingerprint density at radius 2 is 2.27 bits per heavy atom. The molecule has 0 spiro atoms. The van der Waals surface area contributed by atoms with E-state index in [2.05, 4.69) is 5.32 Å². The van der Waals surface area contributed by atoms with E-state index in [-0.39, 0.29) is 17.7 Å². The Balaban J connectivity index is 1.80. The van der Waals surface area contributed by atoms with Crippen LogP contribution in [0.1, 0.15) is 43.8 Å². The first-order valence-corrected chi connectivity index (χ1v) is 7.74. The molecule has 0 saturated heterocycles. The third-order valence-electron chi connectivity index (χ3n) is 4.52. The topological polar surface area (TPSA) is 58.6 Å². The number of aliphatic hydroxyl groups excluding tert-OH is 1. The molecule has 0 bridgehead atoms. The van der Waals surface area contributed by atoms with Gasteiger partial charge in [0.2, 0.25) is 5.91 Å². The molecular weight excluding hydrogens is 285 g/mol. The van der Waals surface area contributed by atoms with Crippen molar-refractivity contribution in [3.05, 3.63) is 35.6 Å².